The van der Waals surface area contributed by atoms with Gasteiger partial charge >= 0.3 is 0 Å². The van der Waals surface area contributed by atoms with Crippen LogP contribution in [0.3, 0.4) is 0 Å². The maximum absolute atomic E-state index is 13.9. The van der Waals surface area contributed by atoms with E-state index in [1.807, 2.05) is 36.4 Å². The molecule has 0 bridgehead atoms. The van der Waals surface area contributed by atoms with Gasteiger partial charge in [0.25, 0.3) is 5.91 Å². The van der Waals surface area contributed by atoms with Crippen molar-refractivity contribution in [3.05, 3.63) is 82.9 Å². The Balaban J connectivity index is 1.65. The highest BCUT2D eigenvalue weighted by Gasteiger charge is 2.61. The minimum absolute atomic E-state index is 0.353. The van der Waals surface area contributed by atoms with E-state index in [1.54, 1.807) is 56.5 Å². The van der Waals surface area contributed by atoms with Crippen molar-refractivity contribution in [1.82, 2.24) is 0 Å². The highest BCUT2D eigenvalue weighted by Crippen LogP contribution is 2.50. The fraction of sp³-hybridized carbons (Fsp3) is 0.231. The number of carbonyl (C=O) groups excluding carboxylic acids is 2. The number of benzene rings is 3. The molecule has 3 atom stereocenters. The first-order valence-corrected chi connectivity index (χ1v) is 11.2. The molecule has 3 aromatic rings. The molecule has 0 aromatic heterocycles. The van der Waals surface area contributed by atoms with Crippen LogP contribution in [0.5, 0.6) is 11.5 Å². The van der Waals surface area contributed by atoms with Crippen molar-refractivity contribution in [2.45, 2.75) is 19.1 Å². The molecule has 0 aliphatic carbocycles. The standard InChI is InChI=1S/C26H23ClN2O5/c1-15-19(27)10-7-11-20(15)28-25(30)22-23(18-14-17(32-2)12-13-21(18)33-3)29(34-24(22)26(28)31)16-8-5-4-6-9-16/h4-14,22-24H,1-3H3/t22-,23+,24-/m0/s1. The number of carbonyl (C=O) groups is 2. The number of hydrogen-bond donors (Lipinski definition) is 0. The number of ether oxygens (including phenoxy) is 2. The Kier molecular flexibility index (Phi) is 5.67. The summed E-state index contributed by atoms with van der Waals surface area (Å²) in [5.41, 5.74) is 2.52. The Labute approximate surface area is 202 Å². The SMILES string of the molecule is COc1ccc(OC)c([C@@H]2[C@@H]3C(=O)N(c4cccc(Cl)c4C)C(=O)[C@H]3ON2c2ccccc2)c1. The molecule has 34 heavy (non-hydrogen) atoms. The Bertz CT molecular complexity index is 1270. The van der Waals surface area contributed by atoms with Crippen LogP contribution in [-0.4, -0.2) is 32.1 Å². The van der Waals surface area contributed by atoms with Gasteiger partial charge in [-0.15, -0.1) is 0 Å². The summed E-state index contributed by atoms with van der Waals surface area (Å²) in [6.45, 7) is 1.78. The quantitative estimate of drug-likeness (QED) is 0.494. The first-order chi connectivity index (χ1) is 16.5. The molecule has 0 spiro atoms. The van der Waals surface area contributed by atoms with E-state index in [4.69, 9.17) is 25.9 Å². The van der Waals surface area contributed by atoms with Gasteiger partial charge in [0, 0.05) is 10.6 Å². The van der Waals surface area contributed by atoms with Crippen LogP contribution in [0.1, 0.15) is 17.2 Å². The van der Waals surface area contributed by atoms with E-state index in [2.05, 4.69) is 0 Å². The van der Waals surface area contributed by atoms with Crippen LogP contribution < -0.4 is 19.4 Å². The molecule has 7 nitrogen and oxygen atoms in total. The molecular formula is C26H23ClN2O5. The molecule has 5 rings (SSSR count). The van der Waals surface area contributed by atoms with E-state index in [0.29, 0.717) is 33.3 Å². The molecule has 0 N–H and O–H groups in total. The van der Waals surface area contributed by atoms with Crippen LogP contribution in [-0.2, 0) is 14.4 Å². The minimum atomic E-state index is -0.994. The second-order valence-electron chi connectivity index (χ2n) is 8.16. The fourth-order valence-corrected chi connectivity index (χ4v) is 4.85. The van der Waals surface area contributed by atoms with Crippen molar-refractivity contribution in [2.75, 3.05) is 24.2 Å². The predicted molar refractivity (Wildman–Crippen MR) is 128 cm³/mol. The number of hydroxylamine groups is 1. The molecule has 2 aliphatic rings. The number of amides is 2. The highest BCUT2D eigenvalue weighted by atomic mass is 35.5. The van der Waals surface area contributed by atoms with Crippen LogP contribution in [0.4, 0.5) is 11.4 Å². The van der Waals surface area contributed by atoms with E-state index in [0.717, 1.165) is 5.69 Å². The maximum Gasteiger partial charge on any atom is 0.266 e. The largest absolute Gasteiger partial charge is 0.497 e. The zero-order chi connectivity index (χ0) is 24.0. The van der Waals surface area contributed by atoms with Gasteiger partial charge in [0.1, 0.15) is 23.5 Å². The number of hydrogen-bond acceptors (Lipinski definition) is 6. The van der Waals surface area contributed by atoms with Gasteiger partial charge in [0.05, 0.1) is 25.6 Å². The lowest BCUT2D eigenvalue weighted by atomic mass is 9.89. The van der Waals surface area contributed by atoms with Gasteiger partial charge in [-0.05, 0) is 55.0 Å². The van der Waals surface area contributed by atoms with Gasteiger partial charge in [0.2, 0.25) is 5.91 Å². The summed E-state index contributed by atoms with van der Waals surface area (Å²) in [4.78, 5) is 34.8. The molecule has 8 heteroatoms. The molecule has 174 valence electrons. The number of halogens is 1. The number of nitrogens with zero attached hydrogens (tertiary/aromatic N) is 2. The molecular weight excluding hydrogens is 456 g/mol. The summed E-state index contributed by atoms with van der Waals surface area (Å²) in [5, 5.41) is 2.11. The van der Waals surface area contributed by atoms with Crippen molar-refractivity contribution in [1.29, 1.82) is 0 Å². The molecule has 0 radical (unpaired) electrons. The van der Waals surface area contributed by atoms with E-state index in [-0.39, 0.29) is 5.91 Å². The van der Waals surface area contributed by atoms with Crippen molar-refractivity contribution < 1.29 is 23.9 Å². The Morgan fingerprint density at radius 2 is 1.68 bits per heavy atom. The molecule has 2 saturated heterocycles. The zero-order valence-corrected chi connectivity index (χ0v) is 19.7. The third-order valence-corrected chi connectivity index (χ3v) is 6.77. The van der Waals surface area contributed by atoms with Crippen molar-refractivity contribution >= 4 is 34.8 Å². The minimum Gasteiger partial charge on any atom is -0.497 e. The van der Waals surface area contributed by atoms with Crippen molar-refractivity contribution in [3.8, 4) is 11.5 Å². The lowest BCUT2D eigenvalue weighted by Gasteiger charge is -2.30. The number of methoxy groups -OCH3 is 2. The van der Waals surface area contributed by atoms with Gasteiger partial charge in [0.15, 0.2) is 6.10 Å². The first-order valence-electron chi connectivity index (χ1n) is 10.8. The third kappa shape index (κ3) is 3.40. The monoisotopic (exact) mass is 478 g/mol. The molecule has 2 amide bonds. The molecule has 0 saturated carbocycles. The van der Waals surface area contributed by atoms with Crippen molar-refractivity contribution in [2.24, 2.45) is 5.92 Å². The summed E-state index contributed by atoms with van der Waals surface area (Å²) in [7, 11) is 3.14. The number of anilines is 2. The van der Waals surface area contributed by atoms with Gasteiger partial charge in [-0.2, -0.15) is 0 Å². The van der Waals surface area contributed by atoms with Crippen LogP contribution in [0.15, 0.2) is 66.7 Å². The Morgan fingerprint density at radius 3 is 2.38 bits per heavy atom. The van der Waals surface area contributed by atoms with Gasteiger partial charge in [-0.3, -0.25) is 14.4 Å². The Morgan fingerprint density at radius 1 is 0.912 bits per heavy atom. The summed E-state index contributed by atoms with van der Waals surface area (Å²) in [5.74, 6) is -0.411. The van der Waals surface area contributed by atoms with Gasteiger partial charge < -0.3 is 9.47 Å². The number of rotatable bonds is 5. The lowest BCUT2D eigenvalue weighted by Crippen LogP contribution is -2.37. The maximum atomic E-state index is 13.9. The molecule has 2 heterocycles. The second-order valence-corrected chi connectivity index (χ2v) is 8.57. The van der Waals surface area contributed by atoms with Crippen LogP contribution in [0, 0.1) is 12.8 Å². The highest BCUT2D eigenvalue weighted by molar-refractivity contribution is 6.32. The average molecular weight is 479 g/mol. The normalized spacial score (nSPS) is 21.7. The molecule has 2 fully saturated rings. The fourth-order valence-electron chi connectivity index (χ4n) is 4.68. The van der Waals surface area contributed by atoms with Crippen molar-refractivity contribution in [3.63, 3.8) is 0 Å². The van der Waals surface area contributed by atoms with Crippen LogP contribution >= 0.6 is 11.6 Å². The molecule has 0 unspecified atom stereocenters. The molecule has 3 aromatic carbocycles. The summed E-state index contributed by atoms with van der Waals surface area (Å²) in [6, 6.07) is 19.3. The third-order valence-electron chi connectivity index (χ3n) is 6.36. The molecule has 2 aliphatic heterocycles. The average Bonchev–Trinajstić information content (AvgIpc) is 3.37. The van der Waals surface area contributed by atoms with Crippen LogP contribution in [0.25, 0.3) is 0 Å². The Hall–Kier alpha value is -3.55. The smallest absolute Gasteiger partial charge is 0.266 e. The van der Waals surface area contributed by atoms with E-state index in [1.165, 1.54) is 4.90 Å². The van der Waals surface area contributed by atoms with Crippen LogP contribution in [0.2, 0.25) is 5.02 Å². The summed E-state index contributed by atoms with van der Waals surface area (Å²) >= 11 is 6.29. The van der Waals surface area contributed by atoms with Gasteiger partial charge in [-0.25, -0.2) is 9.96 Å². The number of fused-ring (bicyclic) bond motifs is 1. The first kappa shape index (κ1) is 22.3. The lowest BCUT2D eigenvalue weighted by molar-refractivity contribution is -0.126. The number of imide groups is 1. The second kappa shape index (κ2) is 8.66. The van der Waals surface area contributed by atoms with E-state index >= 15 is 0 Å². The summed E-state index contributed by atoms with van der Waals surface area (Å²) in [6.07, 6.45) is -0.994. The van der Waals surface area contributed by atoms with Gasteiger partial charge in [-0.1, -0.05) is 35.9 Å². The topological polar surface area (TPSA) is 68.3 Å². The predicted octanol–water partition coefficient (Wildman–Crippen LogP) is 4.72. The van der Waals surface area contributed by atoms with E-state index in [9.17, 15) is 9.59 Å². The number of para-hydroxylation sites is 1. The summed E-state index contributed by atoms with van der Waals surface area (Å²) < 4.78 is 11.1. The van der Waals surface area contributed by atoms with E-state index < -0.39 is 24.0 Å². The zero-order valence-electron chi connectivity index (χ0n) is 18.9.